The zero-order valence-electron chi connectivity index (χ0n) is 7.15. The van der Waals surface area contributed by atoms with Crippen LogP contribution in [0.5, 0.6) is 0 Å². The van der Waals surface area contributed by atoms with Gasteiger partial charge in [-0.25, -0.2) is 19.0 Å². The van der Waals surface area contributed by atoms with E-state index in [0.29, 0.717) is 0 Å². The second-order valence-corrected chi connectivity index (χ2v) is 0.333. The van der Waals surface area contributed by atoms with Crippen LogP contribution >= 0.6 is 0 Å². The lowest BCUT2D eigenvalue weighted by atomic mass is 10.6. The Morgan fingerprint density at radius 3 is 3.75 bits per heavy atom. The Morgan fingerprint density at radius 1 is 2.50 bits per heavy atom. The Balaban J connectivity index is 3.71. The molecule has 0 aliphatic rings. The van der Waals surface area contributed by atoms with Gasteiger partial charge in [0.1, 0.15) is 0 Å². The van der Waals surface area contributed by atoms with Crippen molar-refractivity contribution in [1.82, 2.24) is 0 Å². The summed E-state index contributed by atoms with van der Waals surface area (Å²) < 4.78 is 32.8. The highest BCUT2D eigenvalue weighted by Crippen LogP contribution is 1.56. The molecule has 0 aromatic carbocycles. The van der Waals surface area contributed by atoms with Gasteiger partial charge in [0.15, 0.2) is 0 Å². The van der Waals surface area contributed by atoms with E-state index >= 15 is 0 Å². The quantitative estimate of drug-likeness (QED) is 0.401. The van der Waals surface area contributed by atoms with Crippen LogP contribution in [0, 0.1) is 6.88 Å². The van der Waals surface area contributed by atoms with E-state index in [4.69, 9.17) is 6.85 Å². The van der Waals surface area contributed by atoms with Crippen molar-refractivity contribution in [3.8, 4) is 0 Å². The SMILES string of the molecule is [2H][C-]([2H])/C=C/C([2H])([2H])[2H]. The van der Waals surface area contributed by atoms with Gasteiger partial charge >= 0.3 is 0 Å². The predicted molar refractivity (Wildman–Crippen MR) is 20.2 cm³/mol. The Hall–Kier alpha value is -0.390. The summed E-state index contributed by atoms with van der Waals surface area (Å²) in [6, 6.07) is 0. The zero-order chi connectivity index (χ0) is 7.49. The fourth-order valence-corrected chi connectivity index (χ4v) is 0. The van der Waals surface area contributed by atoms with Crippen LogP contribution in [0.15, 0.2) is 12.2 Å². The van der Waals surface area contributed by atoms with E-state index in [0.717, 1.165) is 12.2 Å². The van der Waals surface area contributed by atoms with Crippen LogP contribution < -0.4 is 0 Å². The molecule has 0 aliphatic heterocycles. The molecule has 0 unspecified atom stereocenters. The largest absolute Gasteiger partial charge is 0.245 e. The Labute approximate surface area is 34.2 Å². The van der Waals surface area contributed by atoms with Crippen molar-refractivity contribution in [2.24, 2.45) is 0 Å². The normalized spacial score (nSPS) is 29.5. The maximum atomic E-state index is 6.59. The van der Waals surface area contributed by atoms with E-state index in [9.17, 15) is 0 Å². The minimum atomic E-state index is -2.16. The van der Waals surface area contributed by atoms with Gasteiger partial charge < -0.3 is 0 Å². The second kappa shape index (κ2) is 2.61. The van der Waals surface area contributed by atoms with Gasteiger partial charge in [0.05, 0.1) is 0 Å². The molecular formula is C4H7-. The molecule has 0 aromatic heterocycles. The van der Waals surface area contributed by atoms with Gasteiger partial charge in [-0.3, -0.25) is 0 Å². The van der Waals surface area contributed by atoms with Gasteiger partial charge in [0.2, 0.25) is 0 Å². The van der Waals surface area contributed by atoms with Crippen molar-refractivity contribution in [1.29, 1.82) is 0 Å². The van der Waals surface area contributed by atoms with E-state index < -0.39 is 13.7 Å². The lowest BCUT2D eigenvalue weighted by Gasteiger charge is -1.63. The Morgan fingerprint density at radius 2 is 3.50 bits per heavy atom. The monoisotopic (exact) mass is 60.1 g/mol. The Bertz CT molecular complexity index is 100. The standard InChI is InChI=1S/C4H7/c1-3-4-2/h3-4H,1H2,2H3/q-1/b4-3+/i1D2,2D3. The van der Waals surface area contributed by atoms with Crippen LogP contribution in [0.25, 0.3) is 0 Å². The van der Waals surface area contributed by atoms with Crippen molar-refractivity contribution in [2.75, 3.05) is 0 Å². The number of hydrogen-bond acceptors (Lipinski definition) is 0. The van der Waals surface area contributed by atoms with Gasteiger partial charge in [-0.1, -0.05) is 2.74 Å². The summed E-state index contributed by atoms with van der Waals surface area (Å²) in [6.45, 7) is -2.65. The van der Waals surface area contributed by atoms with Crippen LogP contribution in [-0.4, -0.2) is 0 Å². The fourth-order valence-electron chi connectivity index (χ4n) is 0. The first-order chi connectivity index (χ1) is 3.92. The zero-order valence-corrected chi connectivity index (χ0v) is 2.15. The smallest absolute Gasteiger partial charge is 0.00750 e. The van der Waals surface area contributed by atoms with Crippen LogP contribution in [0.4, 0.5) is 0 Å². The van der Waals surface area contributed by atoms with Gasteiger partial charge in [0, 0.05) is 4.11 Å². The van der Waals surface area contributed by atoms with Crippen molar-refractivity contribution in [2.45, 2.75) is 6.85 Å². The first kappa shape index (κ1) is 0.425. The lowest BCUT2D eigenvalue weighted by Crippen LogP contribution is -1.27. The summed E-state index contributed by atoms with van der Waals surface area (Å²) in [5, 5.41) is 0. The van der Waals surface area contributed by atoms with Gasteiger partial charge in [0.25, 0.3) is 0 Å². The van der Waals surface area contributed by atoms with Gasteiger partial charge in [-0.05, 0) is 0 Å². The van der Waals surface area contributed by atoms with E-state index in [1.54, 1.807) is 0 Å². The summed E-state index contributed by atoms with van der Waals surface area (Å²) in [5.74, 6) is 0. The third-order valence-electron chi connectivity index (χ3n) is 0.0833. The van der Waals surface area contributed by atoms with Crippen LogP contribution in [0.2, 0.25) is 0 Å². The topological polar surface area (TPSA) is 0 Å². The number of hydrogen-bond donors (Lipinski definition) is 0. The molecule has 0 N–H and O–H groups in total. The van der Waals surface area contributed by atoms with Crippen molar-refractivity contribution >= 4 is 0 Å². The molecule has 0 aromatic rings. The molecule has 0 radical (unpaired) electrons. The number of rotatable bonds is 1. The third kappa shape index (κ3) is 1.61. The minimum absolute atomic E-state index is 0.494. The fraction of sp³-hybridized carbons (Fsp3) is 0.250. The highest BCUT2D eigenvalue weighted by molar-refractivity contribution is 4.78. The minimum Gasteiger partial charge on any atom is -0.245 e. The van der Waals surface area contributed by atoms with E-state index in [-0.39, 0.29) is 0 Å². The Kier molecular flexibility index (Phi) is 0.277. The van der Waals surface area contributed by atoms with Crippen LogP contribution in [0.1, 0.15) is 13.7 Å². The van der Waals surface area contributed by atoms with Crippen molar-refractivity contribution in [3.05, 3.63) is 19.0 Å². The first-order valence-corrected chi connectivity index (χ1v) is 0.911. The predicted octanol–water partition coefficient (Wildman–Crippen LogP) is 1.40. The summed E-state index contributed by atoms with van der Waals surface area (Å²) >= 11 is 0. The molecule has 0 atom stereocenters. The molecular weight excluding hydrogens is 48.0 g/mol. The van der Waals surface area contributed by atoms with Crippen molar-refractivity contribution in [3.63, 3.8) is 0 Å². The molecule has 0 heteroatoms. The molecule has 0 rings (SSSR count). The molecule has 0 heterocycles. The molecule has 0 fully saturated rings. The molecule has 0 saturated heterocycles. The lowest BCUT2D eigenvalue weighted by molar-refractivity contribution is 1.74. The second-order valence-electron chi connectivity index (χ2n) is 0.333. The summed E-state index contributed by atoms with van der Waals surface area (Å²) in [5.41, 5.74) is 0. The molecule has 0 nitrogen and oxygen atoms in total. The van der Waals surface area contributed by atoms with Crippen LogP contribution in [-0.2, 0) is 0 Å². The van der Waals surface area contributed by atoms with Crippen molar-refractivity contribution < 1.29 is 6.85 Å². The average Bonchev–Trinajstić information content (AvgIpc) is 1.59. The third-order valence-corrected chi connectivity index (χ3v) is 0.0833. The molecule has 0 saturated carbocycles. The molecule has 0 bridgehead atoms. The van der Waals surface area contributed by atoms with Gasteiger partial charge in [-0.15, -0.1) is 6.85 Å². The molecule has 0 aliphatic carbocycles. The first-order valence-electron chi connectivity index (χ1n) is 3.41. The van der Waals surface area contributed by atoms with Crippen LogP contribution in [0.3, 0.4) is 0 Å². The molecule has 0 amide bonds. The average molecular weight is 60.1 g/mol. The maximum Gasteiger partial charge on any atom is 0.00750 e. The molecule has 4 heavy (non-hydrogen) atoms. The van der Waals surface area contributed by atoms with E-state index in [2.05, 4.69) is 0 Å². The highest BCUT2D eigenvalue weighted by Gasteiger charge is 1.20. The number of allylic oxidation sites excluding steroid dienone is 2. The summed E-state index contributed by atoms with van der Waals surface area (Å²) in [7, 11) is 0. The summed E-state index contributed by atoms with van der Waals surface area (Å²) in [6.07, 6.45) is 1.79. The highest BCUT2D eigenvalue weighted by atomic mass is 13.4. The molecule has 24 valence electrons. The van der Waals surface area contributed by atoms with E-state index in [1.807, 2.05) is 0 Å². The van der Waals surface area contributed by atoms with Gasteiger partial charge in [-0.2, -0.15) is 0 Å². The maximum absolute atomic E-state index is 6.59. The molecule has 0 spiro atoms. The van der Waals surface area contributed by atoms with E-state index in [1.165, 1.54) is 0 Å². The summed E-state index contributed by atoms with van der Waals surface area (Å²) in [4.78, 5) is 0.